The average Bonchev–Trinajstić information content (AvgIpc) is 3.05. The number of hydrogen-bond acceptors (Lipinski definition) is 4. The van der Waals surface area contributed by atoms with Crippen LogP contribution in [0, 0.1) is 5.92 Å². The van der Waals surface area contributed by atoms with Gasteiger partial charge >= 0.3 is 0 Å². The number of aliphatic imine (C=N–C) groups is 1. The number of aliphatic hydroxyl groups is 1. The van der Waals surface area contributed by atoms with Gasteiger partial charge in [-0.15, -0.1) is 24.0 Å². The highest BCUT2D eigenvalue weighted by atomic mass is 127. The Bertz CT molecular complexity index is 531. The van der Waals surface area contributed by atoms with Crippen molar-refractivity contribution < 1.29 is 9.84 Å². The number of aliphatic hydroxyl groups excluding tert-OH is 1. The Hall–Kier alpha value is -0.870. The smallest absolute Gasteiger partial charge is 0.194 e. The molecule has 0 aromatic carbocycles. The van der Waals surface area contributed by atoms with Gasteiger partial charge in [0.2, 0.25) is 0 Å². The van der Waals surface area contributed by atoms with E-state index in [9.17, 15) is 5.11 Å². The van der Waals surface area contributed by atoms with Crippen molar-refractivity contribution in [1.82, 2.24) is 20.0 Å². The van der Waals surface area contributed by atoms with Gasteiger partial charge in [0.25, 0.3) is 0 Å². The molecule has 0 bridgehead atoms. The molecule has 26 heavy (non-hydrogen) atoms. The summed E-state index contributed by atoms with van der Waals surface area (Å²) < 4.78 is 7.73. The van der Waals surface area contributed by atoms with Crippen LogP contribution in [0.1, 0.15) is 44.8 Å². The first-order valence-corrected chi connectivity index (χ1v) is 9.42. The number of rotatable bonds is 8. The van der Waals surface area contributed by atoms with Gasteiger partial charge in [0, 0.05) is 45.0 Å². The summed E-state index contributed by atoms with van der Waals surface area (Å²) in [7, 11) is 1.92. The van der Waals surface area contributed by atoms with E-state index in [0.717, 1.165) is 57.0 Å². The van der Waals surface area contributed by atoms with Gasteiger partial charge in [-0.2, -0.15) is 5.10 Å². The van der Waals surface area contributed by atoms with E-state index in [4.69, 9.17) is 9.73 Å². The summed E-state index contributed by atoms with van der Waals surface area (Å²) >= 11 is 0. The molecule has 7 nitrogen and oxygen atoms in total. The Balaban J connectivity index is 0.00000338. The van der Waals surface area contributed by atoms with E-state index in [1.807, 2.05) is 19.4 Å². The van der Waals surface area contributed by atoms with Crippen molar-refractivity contribution in [3.63, 3.8) is 0 Å². The molecule has 2 unspecified atom stereocenters. The number of hydrogen-bond donors (Lipinski definition) is 2. The number of guanidine groups is 1. The van der Waals surface area contributed by atoms with E-state index >= 15 is 0 Å². The molecule has 1 saturated heterocycles. The maximum absolute atomic E-state index is 9.24. The first kappa shape index (κ1) is 23.2. The van der Waals surface area contributed by atoms with Gasteiger partial charge in [0.15, 0.2) is 5.96 Å². The predicted molar refractivity (Wildman–Crippen MR) is 115 cm³/mol. The van der Waals surface area contributed by atoms with Crippen molar-refractivity contribution in [3.8, 4) is 0 Å². The Labute approximate surface area is 174 Å². The summed E-state index contributed by atoms with van der Waals surface area (Å²) in [5.41, 5.74) is 1.10. The number of morpholine rings is 1. The lowest BCUT2D eigenvalue weighted by Gasteiger charge is -2.35. The molecular weight excluding hydrogens is 445 g/mol. The number of aromatic nitrogens is 2. The number of nitrogens with one attached hydrogen (secondary N) is 1. The lowest BCUT2D eigenvalue weighted by Crippen LogP contribution is -2.48. The average molecular weight is 479 g/mol. The molecule has 2 atom stereocenters. The van der Waals surface area contributed by atoms with Crippen molar-refractivity contribution >= 4 is 29.9 Å². The molecule has 2 N–H and O–H groups in total. The SMILES string of the molecule is CCCC(CCO)CN=C(NCC)N1CCOC(c2cnn(C)c2)C1.I. The summed E-state index contributed by atoms with van der Waals surface area (Å²) in [6, 6.07) is 0. The molecule has 2 heterocycles. The summed E-state index contributed by atoms with van der Waals surface area (Å²) in [4.78, 5) is 7.12. The normalized spacial score (nSPS) is 19.2. The lowest BCUT2D eigenvalue weighted by molar-refractivity contribution is -0.00807. The second kappa shape index (κ2) is 12.5. The summed E-state index contributed by atoms with van der Waals surface area (Å²) in [5.74, 6) is 1.39. The third-order valence-electron chi connectivity index (χ3n) is 4.53. The Morgan fingerprint density at radius 1 is 1.46 bits per heavy atom. The molecule has 1 fully saturated rings. The number of nitrogens with zero attached hydrogens (tertiary/aromatic N) is 4. The molecule has 1 aromatic heterocycles. The van der Waals surface area contributed by atoms with Crippen molar-refractivity contribution in [3.05, 3.63) is 18.0 Å². The highest BCUT2D eigenvalue weighted by Crippen LogP contribution is 2.22. The van der Waals surface area contributed by atoms with Crippen molar-refractivity contribution in [2.75, 3.05) is 39.4 Å². The minimum Gasteiger partial charge on any atom is -0.396 e. The fourth-order valence-electron chi connectivity index (χ4n) is 3.21. The fraction of sp³-hybridized carbons (Fsp3) is 0.778. The highest BCUT2D eigenvalue weighted by molar-refractivity contribution is 14.0. The van der Waals surface area contributed by atoms with Gasteiger partial charge in [-0.3, -0.25) is 9.67 Å². The lowest BCUT2D eigenvalue weighted by atomic mass is 10.0. The van der Waals surface area contributed by atoms with Gasteiger partial charge < -0.3 is 20.1 Å². The third kappa shape index (κ3) is 7.03. The zero-order valence-electron chi connectivity index (χ0n) is 16.2. The van der Waals surface area contributed by atoms with E-state index in [-0.39, 0.29) is 36.7 Å². The van der Waals surface area contributed by atoms with Crippen LogP contribution in [0.4, 0.5) is 0 Å². The zero-order valence-corrected chi connectivity index (χ0v) is 18.6. The van der Waals surface area contributed by atoms with Crippen LogP contribution in [0.25, 0.3) is 0 Å². The Morgan fingerprint density at radius 2 is 2.27 bits per heavy atom. The Kier molecular flexibility index (Phi) is 11.1. The molecule has 150 valence electrons. The molecule has 0 amide bonds. The molecule has 1 aliphatic heterocycles. The van der Waals surface area contributed by atoms with Crippen LogP contribution in [0.2, 0.25) is 0 Å². The van der Waals surface area contributed by atoms with E-state index in [1.54, 1.807) is 4.68 Å². The van der Waals surface area contributed by atoms with E-state index in [1.165, 1.54) is 0 Å². The molecule has 0 saturated carbocycles. The first-order chi connectivity index (χ1) is 12.2. The van der Waals surface area contributed by atoms with Crippen LogP contribution in [-0.4, -0.2) is 65.1 Å². The second-order valence-electron chi connectivity index (χ2n) is 6.61. The summed E-state index contributed by atoms with van der Waals surface area (Å²) in [5, 5.41) is 16.9. The standard InChI is InChI=1S/C18H33N5O2.HI/c1-4-6-15(7-9-24)11-20-18(19-5-2)23-8-10-25-17(14-23)16-12-21-22(3)13-16;/h12-13,15,17,24H,4-11,14H2,1-3H3,(H,19,20);1H. The molecule has 0 aliphatic carbocycles. The minimum atomic E-state index is 0. The van der Waals surface area contributed by atoms with Crippen LogP contribution in [0.15, 0.2) is 17.4 Å². The fourth-order valence-corrected chi connectivity index (χ4v) is 3.21. The van der Waals surface area contributed by atoms with Gasteiger partial charge in [-0.1, -0.05) is 13.3 Å². The molecule has 8 heteroatoms. The van der Waals surface area contributed by atoms with E-state index in [0.29, 0.717) is 12.5 Å². The van der Waals surface area contributed by atoms with Gasteiger partial charge in [0.05, 0.1) is 19.3 Å². The van der Waals surface area contributed by atoms with E-state index < -0.39 is 0 Å². The third-order valence-corrected chi connectivity index (χ3v) is 4.53. The number of halogens is 1. The maximum atomic E-state index is 9.24. The molecule has 2 rings (SSSR count). The van der Waals surface area contributed by atoms with Crippen LogP contribution >= 0.6 is 24.0 Å². The van der Waals surface area contributed by atoms with Gasteiger partial charge in [-0.05, 0) is 25.7 Å². The largest absolute Gasteiger partial charge is 0.396 e. The van der Waals surface area contributed by atoms with Crippen LogP contribution in [0.3, 0.4) is 0 Å². The topological polar surface area (TPSA) is 74.9 Å². The molecule has 1 aromatic rings. The number of aryl methyl sites for hydroxylation is 1. The number of ether oxygens (including phenoxy) is 1. The maximum Gasteiger partial charge on any atom is 0.194 e. The van der Waals surface area contributed by atoms with Gasteiger partial charge in [-0.25, -0.2) is 0 Å². The van der Waals surface area contributed by atoms with Crippen molar-refractivity contribution in [2.45, 2.75) is 39.2 Å². The quantitative estimate of drug-likeness (QED) is 0.340. The summed E-state index contributed by atoms with van der Waals surface area (Å²) in [6.07, 6.45) is 6.95. The second-order valence-corrected chi connectivity index (χ2v) is 6.61. The Morgan fingerprint density at radius 3 is 2.88 bits per heavy atom. The van der Waals surface area contributed by atoms with Crippen LogP contribution in [-0.2, 0) is 11.8 Å². The predicted octanol–water partition coefficient (Wildman–Crippen LogP) is 2.18. The monoisotopic (exact) mass is 479 g/mol. The molecule has 1 aliphatic rings. The molecular formula is C18H34IN5O2. The van der Waals surface area contributed by atoms with Crippen molar-refractivity contribution in [2.24, 2.45) is 18.0 Å². The molecule has 0 radical (unpaired) electrons. The summed E-state index contributed by atoms with van der Waals surface area (Å²) in [6.45, 7) is 8.39. The zero-order chi connectivity index (χ0) is 18.1. The molecule has 0 spiro atoms. The van der Waals surface area contributed by atoms with Gasteiger partial charge in [0.1, 0.15) is 6.10 Å². The van der Waals surface area contributed by atoms with Crippen LogP contribution in [0.5, 0.6) is 0 Å². The van der Waals surface area contributed by atoms with Crippen LogP contribution < -0.4 is 5.32 Å². The van der Waals surface area contributed by atoms with E-state index in [2.05, 4.69) is 29.2 Å². The van der Waals surface area contributed by atoms with Crippen molar-refractivity contribution in [1.29, 1.82) is 0 Å². The highest BCUT2D eigenvalue weighted by Gasteiger charge is 2.25. The minimum absolute atomic E-state index is 0. The first-order valence-electron chi connectivity index (χ1n) is 9.42.